The Labute approximate surface area is 150 Å². The van der Waals surface area contributed by atoms with Crippen molar-refractivity contribution in [3.63, 3.8) is 0 Å². The van der Waals surface area contributed by atoms with Crippen LogP contribution in [0.25, 0.3) is 22.0 Å². The molecule has 25 heavy (non-hydrogen) atoms. The SMILES string of the molecule is COC(=O)c1c[nH]c2cc(Cl)c(-c3ccc([C@H]4C[C@H](O)C4)cc3)cc12. The summed E-state index contributed by atoms with van der Waals surface area (Å²) in [7, 11) is 1.37. The summed E-state index contributed by atoms with van der Waals surface area (Å²) >= 11 is 6.45. The molecule has 4 rings (SSSR count). The number of ether oxygens (including phenoxy) is 1. The number of aromatic nitrogens is 1. The third kappa shape index (κ3) is 2.81. The maximum Gasteiger partial charge on any atom is 0.340 e. The standard InChI is InChI=1S/C20H18ClNO3/c1-25-20(24)17-10-22-19-9-18(21)15(8-16(17)19)12-4-2-11(3-5-12)13-6-14(23)7-13/h2-5,8-10,13-14,22-23H,6-7H2,1H3/t13-,14-. The highest BCUT2D eigenvalue weighted by atomic mass is 35.5. The summed E-state index contributed by atoms with van der Waals surface area (Å²) in [6, 6.07) is 12.0. The fourth-order valence-electron chi connectivity index (χ4n) is 3.44. The lowest BCUT2D eigenvalue weighted by atomic mass is 9.77. The number of nitrogens with one attached hydrogen (secondary N) is 1. The number of H-pyrrole nitrogens is 1. The number of esters is 1. The highest BCUT2D eigenvalue weighted by Crippen LogP contribution is 2.38. The first-order chi connectivity index (χ1) is 12.1. The van der Waals surface area contributed by atoms with Gasteiger partial charge in [-0.3, -0.25) is 0 Å². The van der Waals surface area contributed by atoms with E-state index in [1.807, 2.05) is 24.3 Å². The van der Waals surface area contributed by atoms with Gasteiger partial charge in [0.25, 0.3) is 0 Å². The Balaban J connectivity index is 1.72. The van der Waals surface area contributed by atoms with Gasteiger partial charge in [0.05, 0.1) is 23.8 Å². The zero-order chi connectivity index (χ0) is 17.6. The topological polar surface area (TPSA) is 62.3 Å². The number of halogens is 1. The van der Waals surface area contributed by atoms with Crippen molar-refractivity contribution in [2.24, 2.45) is 0 Å². The van der Waals surface area contributed by atoms with Gasteiger partial charge in [0.15, 0.2) is 0 Å². The van der Waals surface area contributed by atoms with Crippen LogP contribution in [0.1, 0.15) is 34.7 Å². The van der Waals surface area contributed by atoms with Crippen molar-refractivity contribution >= 4 is 28.5 Å². The van der Waals surface area contributed by atoms with Crippen molar-refractivity contribution < 1.29 is 14.6 Å². The molecule has 0 unspecified atom stereocenters. The van der Waals surface area contributed by atoms with Crippen LogP contribution >= 0.6 is 11.6 Å². The quantitative estimate of drug-likeness (QED) is 0.679. The maximum absolute atomic E-state index is 11.9. The van der Waals surface area contributed by atoms with Crippen LogP contribution < -0.4 is 0 Å². The van der Waals surface area contributed by atoms with Gasteiger partial charge in [0, 0.05) is 22.7 Å². The van der Waals surface area contributed by atoms with Crippen molar-refractivity contribution in [3.8, 4) is 11.1 Å². The van der Waals surface area contributed by atoms with E-state index in [0.717, 1.165) is 34.9 Å². The molecule has 0 spiro atoms. The van der Waals surface area contributed by atoms with E-state index >= 15 is 0 Å². The molecule has 4 nitrogen and oxygen atoms in total. The Morgan fingerprint density at radius 3 is 2.60 bits per heavy atom. The Morgan fingerprint density at radius 2 is 1.96 bits per heavy atom. The molecule has 5 heteroatoms. The highest BCUT2D eigenvalue weighted by molar-refractivity contribution is 6.34. The third-order valence-corrected chi connectivity index (χ3v) is 5.29. The van der Waals surface area contributed by atoms with E-state index in [2.05, 4.69) is 17.1 Å². The number of carbonyl (C=O) groups excluding carboxylic acids is 1. The van der Waals surface area contributed by atoms with Crippen molar-refractivity contribution in [2.75, 3.05) is 7.11 Å². The van der Waals surface area contributed by atoms with Gasteiger partial charge in [0.2, 0.25) is 0 Å². The summed E-state index contributed by atoms with van der Waals surface area (Å²) in [5, 5.41) is 10.9. The zero-order valence-electron chi connectivity index (χ0n) is 13.8. The first kappa shape index (κ1) is 16.2. The second-order valence-electron chi connectivity index (χ2n) is 6.52. The zero-order valence-corrected chi connectivity index (χ0v) is 14.5. The normalized spacial score (nSPS) is 19.6. The first-order valence-electron chi connectivity index (χ1n) is 8.24. The number of fused-ring (bicyclic) bond motifs is 1. The maximum atomic E-state index is 11.9. The van der Waals surface area contributed by atoms with E-state index in [0.29, 0.717) is 16.5 Å². The van der Waals surface area contributed by atoms with Crippen LogP contribution in [-0.2, 0) is 4.74 Å². The Kier molecular flexibility index (Phi) is 4.02. The van der Waals surface area contributed by atoms with Crippen LogP contribution in [0.4, 0.5) is 0 Å². The van der Waals surface area contributed by atoms with E-state index in [4.69, 9.17) is 16.3 Å². The van der Waals surface area contributed by atoms with E-state index in [1.54, 1.807) is 6.20 Å². The van der Waals surface area contributed by atoms with E-state index in [1.165, 1.54) is 12.7 Å². The number of hydrogen-bond acceptors (Lipinski definition) is 3. The minimum atomic E-state index is -0.376. The molecule has 1 fully saturated rings. The fraction of sp³-hybridized carbons (Fsp3) is 0.250. The molecule has 0 saturated heterocycles. The van der Waals surface area contributed by atoms with Gasteiger partial charge >= 0.3 is 5.97 Å². The molecule has 0 aliphatic heterocycles. The average Bonchev–Trinajstić information content (AvgIpc) is 3.00. The van der Waals surface area contributed by atoms with Gasteiger partial charge in [-0.15, -0.1) is 0 Å². The average molecular weight is 356 g/mol. The molecule has 2 N–H and O–H groups in total. The van der Waals surface area contributed by atoms with Crippen LogP contribution in [0.2, 0.25) is 5.02 Å². The first-order valence-corrected chi connectivity index (χ1v) is 8.62. The lowest BCUT2D eigenvalue weighted by Gasteiger charge is -2.31. The molecule has 1 aliphatic carbocycles. The molecule has 2 aromatic carbocycles. The second kappa shape index (κ2) is 6.21. The molecule has 0 radical (unpaired) electrons. The van der Waals surface area contributed by atoms with Crippen molar-refractivity contribution in [2.45, 2.75) is 24.9 Å². The number of aliphatic hydroxyl groups excluding tert-OH is 1. The van der Waals surface area contributed by atoms with Gasteiger partial charge in [0.1, 0.15) is 0 Å². The lowest BCUT2D eigenvalue weighted by molar-refractivity contribution is 0.0603. The van der Waals surface area contributed by atoms with Gasteiger partial charge < -0.3 is 14.8 Å². The van der Waals surface area contributed by atoms with Crippen molar-refractivity contribution in [1.29, 1.82) is 0 Å². The monoisotopic (exact) mass is 355 g/mol. The van der Waals surface area contributed by atoms with Crippen LogP contribution in [0.15, 0.2) is 42.6 Å². The van der Waals surface area contributed by atoms with E-state index < -0.39 is 0 Å². The number of aromatic amines is 1. The molecular weight excluding hydrogens is 338 g/mol. The molecule has 1 heterocycles. The summed E-state index contributed by atoms with van der Waals surface area (Å²) in [5.74, 6) is 0.0658. The largest absolute Gasteiger partial charge is 0.465 e. The number of aliphatic hydroxyl groups is 1. The predicted octanol–water partition coefficient (Wildman–Crippen LogP) is 4.51. The van der Waals surface area contributed by atoms with Gasteiger partial charge in [-0.25, -0.2) is 4.79 Å². The lowest BCUT2D eigenvalue weighted by Crippen LogP contribution is -2.26. The number of carbonyl (C=O) groups is 1. The number of benzene rings is 2. The van der Waals surface area contributed by atoms with Crippen LogP contribution in [-0.4, -0.2) is 29.3 Å². The predicted molar refractivity (Wildman–Crippen MR) is 98.1 cm³/mol. The highest BCUT2D eigenvalue weighted by Gasteiger charge is 2.28. The van der Waals surface area contributed by atoms with Crippen molar-refractivity contribution in [1.82, 2.24) is 4.98 Å². The molecule has 128 valence electrons. The molecule has 0 atom stereocenters. The number of methoxy groups -OCH3 is 1. The van der Waals surface area contributed by atoms with Gasteiger partial charge in [-0.2, -0.15) is 0 Å². The van der Waals surface area contributed by atoms with E-state index in [-0.39, 0.29) is 12.1 Å². The van der Waals surface area contributed by atoms with Crippen molar-refractivity contribution in [3.05, 3.63) is 58.7 Å². The van der Waals surface area contributed by atoms with Crippen LogP contribution in [0, 0.1) is 0 Å². The minimum absolute atomic E-state index is 0.160. The Bertz CT molecular complexity index is 939. The minimum Gasteiger partial charge on any atom is -0.465 e. The van der Waals surface area contributed by atoms with Crippen LogP contribution in [0.3, 0.4) is 0 Å². The third-order valence-electron chi connectivity index (χ3n) is 4.98. The Morgan fingerprint density at radius 1 is 1.24 bits per heavy atom. The van der Waals surface area contributed by atoms with Gasteiger partial charge in [-0.1, -0.05) is 35.9 Å². The smallest absolute Gasteiger partial charge is 0.340 e. The van der Waals surface area contributed by atoms with Crippen LogP contribution in [0.5, 0.6) is 0 Å². The van der Waals surface area contributed by atoms with Gasteiger partial charge in [-0.05, 0) is 42.0 Å². The summed E-state index contributed by atoms with van der Waals surface area (Å²) in [6.07, 6.45) is 3.14. The molecule has 3 aromatic rings. The molecule has 1 aliphatic rings. The molecule has 1 aromatic heterocycles. The fourth-order valence-corrected chi connectivity index (χ4v) is 3.71. The molecule has 0 amide bonds. The summed E-state index contributed by atoms with van der Waals surface area (Å²) < 4.78 is 4.84. The molecular formula is C20H18ClNO3. The molecule has 0 bridgehead atoms. The number of hydrogen-bond donors (Lipinski definition) is 2. The molecule has 1 saturated carbocycles. The second-order valence-corrected chi connectivity index (χ2v) is 6.92. The summed E-state index contributed by atoms with van der Waals surface area (Å²) in [4.78, 5) is 15.0. The summed E-state index contributed by atoms with van der Waals surface area (Å²) in [5.41, 5.74) is 4.40. The van der Waals surface area contributed by atoms with E-state index in [9.17, 15) is 9.90 Å². The number of rotatable bonds is 3. The summed E-state index contributed by atoms with van der Waals surface area (Å²) in [6.45, 7) is 0. The Hall–Kier alpha value is -2.30.